The molecule has 2 amide bonds. The number of halogens is 1. The fraction of sp³-hybridized carbons (Fsp3) is 0.200. The maximum absolute atomic E-state index is 12.7. The SMILES string of the molecule is Cc1ccc(C(=O)N2CCN(c3ccc(NC(=O)c4ccc(Cl)c([N+](=O)[O-])c4)cc3)CC2)cc1. The molecule has 8 nitrogen and oxygen atoms in total. The van der Waals surface area contributed by atoms with E-state index < -0.39 is 10.8 Å². The number of amides is 2. The summed E-state index contributed by atoms with van der Waals surface area (Å²) in [5, 5.41) is 13.8. The molecule has 0 aromatic heterocycles. The number of hydrogen-bond donors (Lipinski definition) is 1. The summed E-state index contributed by atoms with van der Waals surface area (Å²) >= 11 is 5.81. The van der Waals surface area contributed by atoms with Gasteiger partial charge in [0.25, 0.3) is 17.5 Å². The Balaban J connectivity index is 1.35. The number of anilines is 2. The maximum atomic E-state index is 12.7. The van der Waals surface area contributed by atoms with E-state index >= 15 is 0 Å². The monoisotopic (exact) mass is 478 g/mol. The van der Waals surface area contributed by atoms with E-state index in [4.69, 9.17) is 11.6 Å². The Hall–Kier alpha value is -3.91. The van der Waals surface area contributed by atoms with Gasteiger partial charge in [0.15, 0.2) is 0 Å². The van der Waals surface area contributed by atoms with Crippen molar-refractivity contribution in [2.75, 3.05) is 36.4 Å². The minimum absolute atomic E-state index is 0.0217. The van der Waals surface area contributed by atoms with E-state index in [1.54, 1.807) is 12.1 Å². The van der Waals surface area contributed by atoms with Crippen LogP contribution in [0.1, 0.15) is 26.3 Å². The number of aryl methyl sites for hydroxylation is 1. The van der Waals surface area contributed by atoms with Crippen molar-refractivity contribution in [2.45, 2.75) is 6.92 Å². The maximum Gasteiger partial charge on any atom is 0.288 e. The van der Waals surface area contributed by atoms with Gasteiger partial charge in [-0.3, -0.25) is 19.7 Å². The van der Waals surface area contributed by atoms with Crippen LogP contribution in [0, 0.1) is 17.0 Å². The Labute approximate surface area is 201 Å². The zero-order chi connectivity index (χ0) is 24.2. The summed E-state index contributed by atoms with van der Waals surface area (Å²) < 4.78 is 0. The minimum atomic E-state index is -0.623. The average molecular weight is 479 g/mol. The number of nitro benzene ring substituents is 1. The first-order chi connectivity index (χ1) is 16.3. The van der Waals surface area contributed by atoms with Crippen LogP contribution >= 0.6 is 11.6 Å². The molecule has 34 heavy (non-hydrogen) atoms. The topological polar surface area (TPSA) is 95.8 Å². The number of piperazine rings is 1. The molecule has 0 unspecified atom stereocenters. The van der Waals surface area contributed by atoms with E-state index in [1.165, 1.54) is 12.1 Å². The second-order valence-electron chi connectivity index (χ2n) is 8.07. The van der Waals surface area contributed by atoms with E-state index in [-0.39, 0.29) is 22.2 Å². The highest BCUT2D eigenvalue weighted by Gasteiger charge is 2.22. The van der Waals surface area contributed by atoms with E-state index in [2.05, 4.69) is 10.2 Å². The highest BCUT2D eigenvalue weighted by molar-refractivity contribution is 6.32. The van der Waals surface area contributed by atoms with Crippen LogP contribution in [0.2, 0.25) is 5.02 Å². The number of hydrogen-bond acceptors (Lipinski definition) is 5. The van der Waals surface area contributed by atoms with Crippen LogP contribution in [-0.2, 0) is 0 Å². The van der Waals surface area contributed by atoms with Gasteiger partial charge in [-0.25, -0.2) is 0 Å². The first kappa shape index (κ1) is 23.3. The molecule has 1 aliphatic heterocycles. The second-order valence-corrected chi connectivity index (χ2v) is 8.48. The van der Waals surface area contributed by atoms with Crippen LogP contribution in [0.4, 0.5) is 17.1 Å². The molecule has 0 bridgehead atoms. The zero-order valence-corrected chi connectivity index (χ0v) is 19.3. The summed E-state index contributed by atoms with van der Waals surface area (Å²) in [7, 11) is 0. The van der Waals surface area contributed by atoms with Crippen molar-refractivity contribution >= 4 is 40.5 Å². The molecule has 1 saturated heterocycles. The number of nitrogens with zero attached hydrogens (tertiary/aromatic N) is 3. The van der Waals surface area contributed by atoms with Gasteiger partial charge in [0.2, 0.25) is 0 Å². The largest absolute Gasteiger partial charge is 0.368 e. The van der Waals surface area contributed by atoms with E-state index in [9.17, 15) is 19.7 Å². The third kappa shape index (κ3) is 5.18. The fourth-order valence-corrected chi connectivity index (χ4v) is 3.99. The standard InChI is InChI=1S/C25H23ClN4O4/c1-17-2-4-18(5-3-17)25(32)29-14-12-28(13-15-29)21-9-7-20(8-10-21)27-24(31)19-6-11-22(26)23(16-19)30(33)34/h2-11,16H,12-15H2,1H3,(H,27,31). The molecule has 0 aliphatic carbocycles. The van der Waals surface area contributed by atoms with Gasteiger partial charge in [-0.1, -0.05) is 29.3 Å². The summed E-state index contributed by atoms with van der Waals surface area (Å²) in [5.74, 6) is -0.420. The lowest BCUT2D eigenvalue weighted by atomic mass is 10.1. The van der Waals surface area contributed by atoms with Crippen LogP contribution in [0.3, 0.4) is 0 Å². The quantitative estimate of drug-likeness (QED) is 0.421. The third-order valence-corrected chi connectivity index (χ3v) is 6.08. The number of rotatable bonds is 5. The summed E-state index contributed by atoms with van der Waals surface area (Å²) in [6.07, 6.45) is 0. The van der Waals surface area contributed by atoms with Crippen molar-refractivity contribution in [3.63, 3.8) is 0 Å². The van der Waals surface area contributed by atoms with Crippen molar-refractivity contribution in [1.29, 1.82) is 0 Å². The number of nitrogens with one attached hydrogen (secondary N) is 1. The summed E-state index contributed by atoms with van der Waals surface area (Å²) in [4.78, 5) is 39.7. The van der Waals surface area contributed by atoms with Crippen LogP contribution in [-0.4, -0.2) is 47.8 Å². The number of carbonyl (C=O) groups excluding carboxylic acids is 2. The van der Waals surface area contributed by atoms with E-state index in [0.29, 0.717) is 37.4 Å². The highest BCUT2D eigenvalue weighted by Crippen LogP contribution is 2.26. The van der Waals surface area contributed by atoms with Gasteiger partial charge in [-0.05, 0) is 55.5 Å². The van der Waals surface area contributed by atoms with Crippen LogP contribution in [0.15, 0.2) is 66.7 Å². The molecule has 0 radical (unpaired) electrons. The third-order valence-electron chi connectivity index (χ3n) is 5.76. The van der Waals surface area contributed by atoms with E-state index in [0.717, 1.165) is 17.3 Å². The first-order valence-corrected chi connectivity index (χ1v) is 11.2. The lowest BCUT2D eigenvalue weighted by molar-refractivity contribution is -0.384. The van der Waals surface area contributed by atoms with Crippen molar-refractivity contribution in [3.05, 3.63) is 98.6 Å². The van der Waals surface area contributed by atoms with Crippen molar-refractivity contribution in [2.24, 2.45) is 0 Å². The predicted molar refractivity (Wildman–Crippen MR) is 132 cm³/mol. The smallest absolute Gasteiger partial charge is 0.288 e. The van der Waals surface area contributed by atoms with Gasteiger partial charge in [-0.2, -0.15) is 0 Å². The average Bonchev–Trinajstić information content (AvgIpc) is 2.85. The molecule has 9 heteroatoms. The fourth-order valence-electron chi connectivity index (χ4n) is 3.80. The summed E-state index contributed by atoms with van der Waals surface area (Å²) in [5.41, 5.74) is 3.21. The van der Waals surface area contributed by atoms with Crippen molar-refractivity contribution in [3.8, 4) is 0 Å². The Morgan fingerprint density at radius 1 is 0.912 bits per heavy atom. The predicted octanol–water partition coefficient (Wildman–Crippen LogP) is 4.77. The molecule has 0 spiro atoms. The summed E-state index contributed by atoms with van der Waals surface area (Å²) in [6, 6.07) is 18.9. The van der Waals surface area contributed by atoms with Crippen LogP contribution in [0.25, 0.3) is 0 Å². The van der Waals surface area contributed by atoms with Gasteiger partial charge < -0.3 is 15.1 Å². The number of benzene rings is 3. The molecule has 1 fully saturated rings. The molecular formula is C25H23ClN4O4. The molecule has 174 valence electrons. The lowest BCUT2D eigenvalue weighted by Gasteiger charge is -2.36. The van der Waals surface area contributed by atoms with Crippen molar-refractivity contribution in [1.82, 2.24) is 4.90 Å². The first-order valence-electron chi connectivity index (χ1n) is 10.8. The van der Waals surface area contributed by atoms with Crippen molar-refractivity contribution < 1.29 is 14.5 Å². The molecular weight excluding hydrogens is 456 g/mol. The molecule has 1 heterocycles. The molecule has 4 rings (SSSR count). The summed E-state index contributed by atoms with van der Waals surface area (Å²) in [6.45, 7) is 4.66. The van der Waals surface area contributed by atoms with Crippen LogP contribution in [0.5, 0.6) is 0 Å². The van der Waals surface area contributed by atoms with Crippen LogP contribution < -0.4 is 10.2 Å². The van der Waals surface area contributed by atoms with Gasteiger partial charge in [0, 0.05) is 54.7 Å². The molecule has 1 N–H and O–H groups in total. The Kier molecular flexibility index (Phi) is 6.79. The molecule has 3 aromatic carbocycles. The van der Waals surface area contributed by atoms with Gasteiger partial charge in [0.05, 0.1) is 4.92 Å². The molecule has 3 aromatic rings. The Morgan fingerprint density at radius 2 is 1.53 bits per heavy atom. The van der Waals surface area contributed by atoms with Gasteiger partial charge in [-0.15, -0.1) is 0 Å². The van der Waals surface area contributed by atoms with Gasteiger partial charge in [0.1, 0.15) is 5.02 Å². The Morgan fingerprint density at radius 3 is 2.15 bits per heavy atom. The lowest BCUT2D eigenvalue weighted by Crippen LogP contribution is -2.48. The highest BCUT2D eigenvalue weighted by atomic mass is 35.5. The molecule has 0 saturated carbocycles. The normalized spacial score (nSPS) is 13.5. The zero-order valence-electron chi connectivity index (χ0n) is 18.5. The van der Waals surface area contributed by atoms with E-state index in [1.807, 2.05) is 48.2 Å². The second kappa shape index (κ2) is 9.93. The number of nitro groups is 1. The number of carbonyl (C=O) groups is 2. The molecule has 1 aliphatic rings. The minimum Gasteiger partial charge on any atom is -0.368 e. The molecule has 0 atom stereocenters. The van der Waals surface area contributed by atoms with Gasteiger partial charge >= 0.3 is 0 Å². The Bertz CT molecular complexity index is 1220.